The summed E-state index contributed by atoms with van der Waals surface area (Å²) in [6.07, 6.45) is 0.202. The van der Waals surface area contributed by atoms with Crippen LogP contribution < -0.4 is 14.8 Å². The number of anilines is 1. The van der Waals surface area contributed by atoms with Gasteiger partial charge in [0.25, 0.3) is 0 Å². The normalized spacial score (nSPS) is 10.2. The molecule has 0 aliphatic carbocycles. The van der Waals surface area contributed by atoms with Crippen molar-refractivity contribution >= 4 is 17.6 Å². The molecule has 0 atom stereocenters. The Balaban J connectivity index is 1.81. The highest BCUT2D eigenvalue weighted by Crippen LogP contribution is 2.19. The van der Waals surface area contributed by atoms with Gasteiger partial charge in [0.2, 0.25) is 5.91 Å². The molecule has 0 saturated carbocycles. The summed E-state index contributed by atoms with van der Waals surface area (Å²) in [6, 6.07) is 12.5. The van der Waals surface area contributed by atoms with Gasteiger partial charge in [0.15, 0.2) is 6.61 Å². The fraction of sp³-hybridized carbons (Fsp3) is 0.263. The van der Waals surface area contributed by atoms with Crippen molar-refractivity contribution in [2.24, 2.45) is 0 Å². The van der Waals surface area contributed by atoms with Crippen LogP contribution in [-0.2, 0) is 9.59 Å². The van der Waals surface area contributed by atoms with Crippen LogP contribution in [0, 0.1) is 13.8 Å². The van der Waals surface area contributed by atoms with E-state index in [1.807, 2.05) is 32.0 Å². The molecule has 2 aromatic carbocycles. The van der Waals surface area contributed by atoms with Gasteiger partial charge in [-0.2, -0.15) is 0 Å². The van der Waals surface area contributed by atoms with E-state index in [1.54, 1.807) is 24.3 Å². The van der Waals surface area contributed by atoms with Gasteiger partial charge in [-0.15, -0.1) is 0 Å². The summed E-state index contributed by atoms with van der Waals surface area (Å²) < 4.78 is 10.7. The number of carbonyl (C=O) groups excluding carboxylic acids is 1. The minimum Gasteiger partial charge on any atom is -0.493 e. The smallest absolute Gasteiger partial charge is 0.341 e. The van der Waals surface area contributed by atoms with Gasteiger partial charge in [0.05, 0.1) is 13.0 Å². The summed E-state index contributed by atoms with van der Waals surface area (Å²) in [5.74, 6) is -0.104. The highest BCUT2D eigenvalue weighted by atomic mass is 16.5. The molecule has 2 N–H and O–H groups in total. The van der Waals surface area contributed by atoms with Crippen molar-refractivity contribution in [2.75, 3.05) is 18.5 Å². The summed E-state index contributed by atoms with van der Waals surface area (Å²) in [5, 5.41) is 11.3. The first-order chi connectivity index (χ1) is 11.9. The van der Waals surface area contributed by atoms with E-state index in [2.05, 4.69) is 5.32 Å². The fourth-order valence-corrected chi connectivity index (χ4v) is 2.25. The second kappa shape index (κ2) is 8.73. The zero-order chi connectivity index (χ0) is 18.2. The molecule has 0 aliphatic rings. The van der Waals surface area contributed by atoms with E-state index in [1.165, 1.54) is 0 Å². The number of benzene rings is 2. The number of hydrogen-bond acceptors (Lipinski definition) is 4. The molecule has 0 bridgehead atoms. The van der Waals surface area contributed by atoms with Gasteiger partial charge >= 0.3 is 5.97 Å². The first-order valence-electron chi connectivity index (χ1n) is 7.88. The van der Waals surface area contributed by atoms with Gasteiger partial charge < -0.3 is 19.9 Å². The van der Waals surface area contributed by atoms with E-state index in [0.717, 1.165) is 16.9 Å². The van der Waals surface area contributed by atoms with Gasteiger partial charge in [0.1, 0.15) is 11.5 Å². The predicted octanol–water partition coefficient (Wildman–Crippen LogP) is 3.17. The summed E-state index contributed by atoms with van der Waals surface area (Å²) in [4.78, 5) is 22.5. The highest BCUT2D eigenvalue weighted by Gasteiger charge is 2.06. The Morgan fingerprint density at radius 1 is 1.08 bits per heavy atom. The standard InChI is InChI=1S/C19H21NO5/c1-13-6-7-17(14(2)10-13)24-9-8-18(21)20-15-4-3-5-16(11-15)25-12-19(22)23/h3-7,10-11H,8-9,12H2,1-2H3,(H,20,21)(H,22,23). The van der Waals surface area contributed by atoms with Crippen LogP contribution in [0.4, 0.5) is 5.69 Å². The minimum atomic E-state index is -1.06. The number of ether oxygens (including phenoxy) is 2. The monoisotopic (exact) mass is 343 g/mol. The summed E-state index contributed by atoms with van der Waals surface area (Å²) >= 11 is 0. The molecular formula is C19H21NO5. The average Bonchev–Trinajstić information content (AvgIpc) is 2.55. The van der Waals surface area contributed by atoms with Crippen molar-refractivity contribution in [1.29, 1.82) is 0 Å². The van der Waals surface area contributed by atoms with Gasteiger partial charge in [-0.3, -0.25) is 4.79 Å². The van der Waals surface area contributed by atoms with Crippen LogP contribution in [0.1, 0.15) is 17.5 Å². The van der Waals surface area contributed by atoms with Crippen LogP contribution in [0.3, 0.4) is 0 Å². The fourth-order valence-electron chi connectivity index (χ4n) is 2.25. The van der Waals surface area contributed by atoms with Crippen LogP contribution in [-0.4, -0.2) is 30.2 Å². The number of aryl methyl sites for hydroxylation is 2. The SMILES string of the molecule is Cc1ccc(OCCC(=O)Nc2cccc(OCC(=O)O)c2)c(C)c1. The highest BCUT2D eigenvalue weighted by molar-refractivity contribution is 5.91. The zero-order valence-electron chi connectivity index (χ0n) is 14.2. The van der Waals surface area contributed by atoms with Crippen molar-refractivity contribution < 1.29 is 24.2 Å². The Kier molecular flexibility index (Phi) is 6.39. The minimum absolute atomic E-state index is 0.194. The third kappa shape index (κ3) is 6.18. The van der Waals surface area contributed by atoms with Gasteiger partial charge in [-0.1, -0.05) is 23.8 Å². The van der Waals surface area contributed by atoms with Crippen molar-refractivity contribution in [3.05, 3.63) is 53.6 Å². The number of carboxylic acids is 1. The molecule has 0 saturated heterocycles. The lowest BCUT2D eigenvalue weighted by Gasteiger charge is -2.10. The zero-order valence-corrected chi connectivity index (χ0v) is 14.2. The Hall–Kier alpha value is -3.02. The Bertz CT molecular complexity index is 757. The third-order valence-electron chi connectivity index (χ3n) is 3.40. The van der Waals surface area contributed by atoms with Gasteiger partial charge in [-0.25, -0.2) is 4.79 Å². The molecule has 0 spiro atoms. The Labute approximate surface area is 146 Å². The van der Waals surface area contributed by atoms with Crippen molar-refractivity contribution in [2.45, 2.75) is 20.3 Å². The largest absolute Gasteiger partial charge is 0.493 e. The van der Waals surface area contributed by atoms with Crippen molar-refractivity contribution in [3.8, 4) is 11.5 Å². The molecular weight excluding hydrogens is 322 g/mol. The van der Waals surface area contributed by atoms with Crippen molar-refractivity contribution in [3.63, 3.8) is 0 Å². The van der Waals surface area contributed by atoms with Gasteiger partial charge in [-0.05, 0) is 37.6 Å². The first-order valence-corrected chi connectivity index (χ1v) is 7.88. The number of carbonyl (C=O) groups is 2. The van der Waals surface area contributed by atoms with Crippen LogP contribution in [0.2, 0.25) is 0 Å². The Morgan fingerprint density at radius 3 is 2.60 bits per heavy atom. The molecule has 0 heterocycles. The lowest BCUT2D eigenvalue weighted by molar-refractivity contribution is -0.139. The molecule has 25 heavy (non-hydrogen) atoms. The maximum Gasteiger partial charge on any atom is 0.341 e. The third-order valence-corrected chi connectivity index (χ3v) is 3.40. The molecule has 0 aromatic heterocycles. The lowest BCUT2D eigenvalue weighted by atomic mass is 10.1. The maximum atomic E-state index is 12.0. The average molecular weight is 343 g/mol. The molecule has 0 radical (unpaired) electrons. The molecule has 0 unspecified atom stereocenters. The number of carboxylic acid groups (broad SMARTS) is 1. The molecule has 6 heteroatoms. The molecule has 0 aliphatic heterocycles. The first kappa shape index (κ1) is 18.3. The van der Waals surface area contributed by atoms with E-state index >= 15 is 0 Å². The van der Waals surface area contributed by atoms with Crippen molar-refractivity contribution in [1.82, 2.24) is 0 Å². The van der Waals surface area contributed by atoms with E-state index < -0.39 is 12.6 Å². The second-order valence-electron chi connectivity index (χ2n) is 5.63. The molecule has 0 fully saturated rings. The summed E-state index contributed by atoms with van der Waals surface area (Å²) in [7, 11) is 0. The quantitative estimate of drug-likeness (QED) is 0.769. The van der Waals surface area contributed by atoms with E-state index in [0.29, 0.717) is 11.4 Å². The summed E-state index contributed by atoms with van der Waals surface area (Å²) in [6.45, 7) is 3.82. The Morgan fingerprint density at radius 2 is 1.88 bits per heavy atom. The predicted molar refractivity (Wildman–Crippen MR) is 94.2 cm³/mol. The van der Waals surface area contributed by atoms with Crippen LogP contribution in [0.5, 0.6) is 11.5 Å². The van der Waals surface area contributed by atoms with Crippen LogP contribution >= 0.6 is 0 Å². The van der Waals surface area contributed by atoms with E-state index in [-0.39, 0.29) is 18.9 Å². The molecule has 2 rings (SSSR count). The molecule has 6 nitrogen and oxygen atoms in total. The number of nitrogens with one attached hydrogen (secondary N) is 1. The van der Waals surface area contributed by atoms with E-state index in [4.69, 9.17) is 14.6 Å². The van der Waals surface area contributed by atoms with Crippen LogP contribution in [0.25, 0.3) is 0 Å². The van der Waals surface area contributed by atoms with E-state index in [9.17, 15) is 9.59 Å². The number of hydrogen-bond donors (Lipinski definition) is 2. The van der Waals surface area contributed by atoms with Crippen LogP contribution in [0.15, 0.2) is 42.5 Å². The maximum absolute atomic E-state index is 12.0. The number of amides is 1. The van der Waals surface area contributed by atoms with Gasteiger partial charge in [0, 0.05) is 11.8 Å². The number of aliphatic carboxylic acids is 1. The molecule has 1 amide bonds. The molecule has 132 valence electrons. The topological polar surface area (TPSA) is 84.9 Å². The lowest BCUT2D eigenvalue weighted by Crippen LogP contribution is -2.15. The number of rotatable bonds is 8. The second-order valence-corrected chi connectivity index (χ2v) is 5.63. The summed E-state index contributed by atoms with van der Waals surface area (Å²) in [5.41, 5.74) is 2.73. The molecule has 2 aromatic rings.